The van der Waals surface area contributed by atoms with Crippen molar-refractivity contribution in [3.05, 3.63) is 23.8 Å². The first-order valence-electron chi connectivity index (χ1n) is 5.53. The molecule has 17 heavy (non-hydrogen) atoms. The maximum absolute atomic E-state index is 9.42. The molecule has 2 N–H and O–H groups in total. The third kappa shape index (κ3) is 1.85. The Labute approximate surface area is 97.6 Å². The first kappa shape index (κ1) is 10.5. The number of aromatic nitrogens is 2. The Morgan fingerprint density at radius 3 is 3.06 bits per heavy atom. The molecule has 6 nitrogen and oxygen atoms in total. The Morgan fingerprint density at radius 2 is 2.41 bits per heavy atom. The van der Waals surface area contributed by atoms with E-state index in [4.69, 9.17) is 8.94 Å². The standard InChI is InChI=1S/C11H13N3O3/c1-6-2-3-16-9(6)10-13-11(17-14-10)8-4-7(15)5-12-8/h2-3,7-8,12,15H,4-5H2,1H3. The molecule has 0 aliphatic carbocycles. The van der Waals surface area contributed by atoms with Crippen molar-refractivity contribution in [1.29, 1.82) is 0 Å². The van der Waals surface area contributed by atoms with E-state index in [1.54, 1.807) is 6.26 Å². The Morgan fingerprint density at radius 1 is 1.53 bits per heavy atom. The van der Waals surface area contributed by atoms with Crippen LogP contribution in [0.3, 0.4) is 0 Å². The minimum Gasteiger partial charge on any atom is -0.461 e. The summed E-state index contributed by atoms with van der Waals surface area (Å²) in [5.74, 6) is 1.57. The summed E-state index contributed by atoms with van der Waals surface area (Å²) in [6, 6.07) is 1.78. The quantitative estimate of drug-likeness (QED) is 0.808. The molecule has 0 bridgehead atoms. The Bertz CT molecular complexity index is 520. The fourth-order valence-corrected chi connectivity index (χ4v) is 1.98. The Hall–Kier alpha value is -1.66. The second kappa shape index (κ2) is 3.97. The molecule has 0 aromatic carbocycles. The maximum Gasteiger partial charge on any atom is 0.244 e. The first-order chi connectivity index (χ1) is 8.24. The number of aryl methyl sites for hydroxylation is 1. The number of β-amino-alcohol motifs (C(OH)–C–C–N with tert-alkyl or cyclic N) is 1. The van der Waals surface area contributed by atoms with Gasteiger partial charge in [-0.15, -0.1) is 0 Å². The molecule has 0 radical (unpaired) electrons. The van der Waals surface area contributed by atoms with E-state index in [0.717, 1.165) is 5.56 Å². The molecule has 2 aromatic heterocycles. The summed E-state index contributed by atoms with van der Waals surface area (Å²) in [4.78, 5) is 4.28. The molecule has 3 rings (SSSR count). The van der Waals surface area contributed by atoms with Gasteiger partial charge in [-0.05, 0) is 25.0 Å². The predicted octanol–water partition coefficient (Wildman–Crippen LogP) is 1.03. The van der Waals surface area contributed by atoms with Gasteiger partial charge in [-0.25, -0.2) is 0 Å². The first-order valence-corrected chi connectivity index (χ1v) is 5.53. The third-order valence-electron chi connectivity index (χ3n) is 2.91. The predicted molar refractivity (Wildman–Crippen MR) is 58.1 cm³/mol. The van der Waals surface area contributed by atoms with Gasteiger partial charge in [-0.2, -0.15) is 4.98 Å². The van der Waals surface area contributed by atoms with E-state index < -0.39 is 0 Å². The van der Waals surface area contributed by atoms with Crippen LogP contribution < -0.4 is 5.32 Å². The molecule has 2 atom stereocenters. The number of hydrogen-bond donors (Lipinski definition) is 2. The molecular formula is C11H13N3O3. The molecule has 6 heteroatoms. The lowest BCUT2D eigenvalue weighted by Gasteiger charge is -2.01. The molecule has 1 aliphatic heterocycles. The van der Waals surface area contributed by atoms with Crippen LogP contribution in [0.5, 0.6) is 0 Å². The number of rotatable bonds is 2. The summed E-state index contributed by atoms with van der Waals surface area (Å²) in [5.41, 5.74) is 0.969. The highest BCUT2D eigenvalue weighted by molar-refractivity contribution is 5.51. The zero-order valence-corrected chi connectivity index (χ0v) is 9.38. The second-order valence-corrected chi connectivity index (χ2v) is 4.24. The van der Waals surface area contributed by atoms with Gasteiger partial charge in [-0.3, -0.25) is 0 Å². The van der Waals surface area contributed by atoms with Gasteiger partial charge in [0.05, 0.1) is 18.4 Å². The summed E-state index contributed by atoms with van der Waals surface area (Å²) < 4.78 is 10.5. The van der Waals surface area contributed by atoms with E-state index in [0.29, 0.717) is 30.4 Å². The number of aliphatic hydroxyl groups is 1. The minimum atomic E-state index is -0.347. The SMILES string of the molecule is Cc1ccoc1-c1noc(C2CC(O)CN2)n1. The molecule has 0 amide bonds. The van der Waals surface area contributed by atoms with Gasteiger partial charge in [0.15, 0.2) is 5.76 Å². The zero-order valence-electron chi connectivity index (χ0n) is 9.38. The topological polar surface area (TPSA) is 84.3 Å². The Kier molecular flexibility index (Phi) is 2.45. The van der Waals surface area contributed by atoms with Crippen molar-refractivity contribution in [2.75, 3.05) is 6.54 Å². The summed E-state index contributed by atoms with van der Waals surface area (Å²) in [6.45, 7) is 2.48. The van der Waals surface area contributed by atoms with Crippen LogP contribution in [-0.4, -0.2) is 27.9 Å². The van der Waals surface area contributed by atoms with Crippen LogP contribution in [0.25, 0.3) is 11.6 Å². The van der Waals surface area contributed by atoms with Crippen LogP contribution in [0.4, 0.5) is 0 Å². The number of furan rings is 1. The molecule has 3 heterocycles. The van der Waals surface area contributed by atoms with E-state index in [-0.39, 0.29) is 12.1 Å². The Balaban J connectivity index is 1.86. The fourth-order valence-electron chi connectivity index (χ4n) is 1.98. The lowest BCUT2D eigenvalue weighted by Crippen LogP contribution is -2.15. The van der Waals surface area contributed by atoms with Gasteiger partial charge in [0.1, 0.15) is 0 Å². The van der Waals surface area contributed by atoms with E-state index in [2.05, 4.69) is 15.5 Å². The fraction of sp³-hybridized carbons (Fsp3) is 0.455. The molecular weight excluding hydrogens is 222 g/mol. The minimum absolute atomic E-state index is 0.0680. The van der Waals surface area contributed by atoms with Gasteiger partial charge >= 0.3 is 0 Å². The summed E-state index contributed by atoms with van der Waals surface area (Å²) in [6.07, 6.45) is 1.84. The van der Waals surface area contributed by atoms with Crippen LogP contribution in [0.1, 0.15) is 23.9 Å². The van der Waals surface area contributed by atoms with E-state index in [1.165, 1.54) is 0 Å². The van der Waals surface area contributed by atoms with Gasteiger partial charge < -0.3 is 19.4 Å². The molecule has 2 aromatic rings. The summed E-state index contributed by atoms with van der Waals surface area (Å²) in [7, 11) is 0. The van der Waals surface area contributed by atoms with Gasteiger partial charge in [-0.1, -0.05) is 5.16 Å². The molecule has 0 spiro atoms. The summed E-state index contributed by atoms with van der Waals surface area (Å²) in [5, 5.41) is 16.4. The molecule has 1 aliphatic rings. The molecule has 90 valence electrons. The van der Waals surface area contributed by atoms with Gasteiger partial charge in [0.2, 0.25) is 11.7 Å². The second-order valence-electron chi connectivity index (χ2n) is 4.24. The number of aliphatic hydroxyl groups excluding tert-OH is 1. The monoisotopic (exact) mass is 235 g/mol. The van der Waals surface area contributed by atoms with E-state index in [9.17, 15) is 5.11 Å². The van der Waals surface area contributed by atoms with Crippen molar-refractivity contribution in [3.8, 4) is 11.6 Å². The maximum atomic E-state index is 9.42. The van der Waals surface area contributed by atoms with Crippen molar-refractivity contribution in [1.82, 2.24) is 15.5 Å². The van der Waals surface area contributed by atoms with Gasteiger partial charge in [0, 0.05) is 6.54 Å². The van der Waals surface area contributed by atoms with Crippen molar-refractivity contribution < 1.29 is 14.0 Å². The van der Waals surface area contributed by atoms with Gasteiger partial charge in [0.25, 0.3) is 0 Å². The van der Waals surface area contributed by atoms with Crippen LogP contribution in [0.15, 0.2) is 21.3 Å². The lowest BCUT2D eigenvalue weighted by atomic mass is 10.2. The number of hydrogen-bond acceptors (Lipinski definition) is 6. The number of nitrogens with zero attached hydrogens (tertiary/aromatic N) is 2. The highest BCUT2D eigenvalue weighted by Crippen LogP contribution is 2.26. The smallest absolute Gasteiger partial charge is 0.244 e. The highest BCUT2D eigenvalue weighted by atomic mass is 16.5. The molecule has 1 fully saturated rings. The van der Waals surface area contributed by atoms with E-state index in [1.807, 2.05) is 13.0 Å². The normalized spacial score (nSPS) is 24.4. The lowest BCUT2D eigenvalue weighted by molar-refractivity contribution is 0.191. The van der Waals surface area contributed by atoms with Crippen molar-refractivity contribution in [2.45, 2.75) is 25.5 Å². The van der Waals surface area contributed by atoms with Crippen molar-refractivity contribution in [3.63, 3.8) is 0 Å². The summed E-state index contributed by atoms with van der Waals surface area (Å²) >= 11 is 0. The number of nitrogens with one attached hydrogen (secondary N) is 1. The zero-order chi connectivity index (χ0) is 11.8. The molecule has 0 saturated carbocycles. The highest BCUT2D eigenvalue weighted by Gasteiger charge is 2.28. The largest absolute Gasteiger partial charge is 0.461 e. The van der Waals surface area contributed by atoms with Crippen LogP contribution in [0.2, 0.25) is 0 Å². The van der Waals surface area contributed by atoms with Crippen molar-refractivity contribution in [2.24, 2.45) is 0 Å². The average Bonchev–Trinajstić information content (AvgIpc) is 2.97. The van der Waals surface area contributed by atoms with Crippen LogP contribution in [-0.2, 0) is 0 Å². The van der Waals surface area contributed by atoms with E-state index >= 15 is 0 Å². The average molecular weight is 235 g/mol. The van der Waals surface area contributed by atoms with Crippen molar-refractivity contribution >= 4 is 0 Å². The van der Waals surface area contributed by atoms with Crippen LogP contribution >= 0.6 is 0 Å². The molecule has 1 saturated heterocycles. The third-order valence-corrected chi connectivity index (χ3v) is 2.91. The van der Waals surface area contributed by atoms with Crippen LogP contribution in [0, 0.1) is 6.92 Å². The molecule has 2 unspecified atom stereocenters.